The predicted molar refractivity (Wildman–Crippen MR) is 126 cm³/mol. The molecule has 2 heterocycles. The highest BCUT2D eigenvalue weighted by Gasteiger charge is 2.23. The van der Waals surface area contributed by atoms with Crippen molar-refractivity contribution in [2.24, 2.45) is 0 Å². The molecule has 172 valence electrons. The SMILES string of the molecule is COC(=O)CCC[C@@H](NC(=O)c1ccc(C)s1)C(=O)Nc1ccc2c(c1)CCN(C)CC2. The minimum absolute atomic E-state index is 0.195. The Hall–Kier alpha value is -2.71. The summed E-state index contributed by atoms with van der Waals surface area (Å²) in [6, 6.07) is 8.89. The molecule has 1 aliphatic rings. The van der Waals surface area contributed by atoms with Crippen LogP contribution in [0.15, 0.2) is 30.3 Å². The molecule has 1 aromatic carbocycles. The monoisotopic (exact) mass is 457 g/mol. The summed E-state index contributed by atoms with van der Waals surface area (Å²) >= 11 is 1.38. The van der Waals surface area contributed by atoms with Gasteiger partial charge in [0.2, 0.25) is 5.91 Å². The number of esters is 1. The average molecular weight is 458 g/mol. The van der Waals surface area contributed by atoms with Crippen molar-refractivity contribution in [3.8, 4) is 0 Å². The minimum Gasteiger partial charge on any atom is -0.469 e. The number of ether oxygens (including phenoxy) is 1. The van der Waals surface area contributed by atoms with Gasteiger partial charge in [-0.3, -0.25) is 14.4 Å². The number of nitrogens with one attached hydrogen (secondary N) is 2. The molecule has 2 amide bonds. The Morgan fingerprint density at radius 2 is 1.88 bits per heavy atom. The average Bonchev–Trinajstić information content (AvgIpc) is 3.13. The second-order valence-electron chi connectivity index (χ2n) is 8.18. The van der Waals surface area contributed by atoms with Gasteiger partial charge >= 0.3 is 5.97 Å². The van der Waals surface area contributed by atoms with E-state index in [-0.39, 0.29) is 24.2 Å². The third-order valence-electron chi connectivity index (χ3n) is 5.69. The van der Waals surface area contributed by atoms with Crippen LogP contribution in [-0.4, -0.2) is 56.0 Å². The van der Waals surface area contributed by atoms with Crippen LogP contribution in [0.1, 0.15) is 44.9 Å². The number of thiophene rings is 1. The Balaban J connectivity index is 1.69. The first-order valence-electron chi connectivity index (χ1n) is 10.9. The maximum absolute atomic E-state index is 13.1. The number of hydrogen-bond acceptors (Lipinski definition) is 6. The van der Waals surface area contributed by atoms with E-state index in [2.05, 4.69) is 33.4 Å². The quantitative estimate of drug-likeness (QED) is 0.595. The van der Waals surface area contributed by atoms with E-state index in [1.165, 1.54) is 29.6 Å². The normalized spacial score (nSPS) is 14.7. The fraction of sp³-hybridized carbons (Fsp3) is 0.458. The number of anilines is 1. The van der Waals surface area contributed by atoms with Crippen molar-refractivity contribution in [2.75, 3.05) is 32.6 Å². The molecule has 7 nitrogen and oxygen atoms in total. The van der Waals surface area contributed by atoms with Gasteiger partial charge in [-0.2, -0.15) is 0 Å². The first-order chi connectivity index (χ1) is 15.4. The number of methoxy groups -OCH3 is 1. The number of benzene rings is 1. The third-order valence-corrected chi connectivity index (χ3v) is 6.69. The van der Waals surface area contributed by atoms with Gasteiger partial charge < -0.3 is 20.3 Å². The van der Waals surface area contributed by atoms with Crippen molar-refractivity contribution >= 4 is 34.8 Å². The van der Waals surface area contributed by atoms with Crippen molar-refractivity contribution < 1.29 is 19.1 Å². The first kappa shape index (κ1) is 23.9. The number of amides is 2. The lowest BCUT2D eigenvalue weighted by Gasteiger charge is -2.19. The molecule has 3 rings (SSSR count). The maximum atomic E-state index is 13.1. The van der Waals surface area contributed by atoms with Gasteiger partial charge in [-0.15, -0.1) is 11.3 Å². The molecule has 0 fully saturated rings. The lowest BCUT2D eigenvalue weighted by molar-refractivity contribution is -0.140. The van der Waals surface area contributed by atoms with Crippen LogP contribution < -0.4 is 10.6 Å². The number of hydrogen-bond donors (Lipinski definition) is 2. The Kier molecular flexibility index (Phi) is 8.41. The molecule has 8 heteroatoms. The van der Waals surface area contributed by atoms with Crippen LogP contribution in [0.3, 0.4) is 0 Å². The predicted octanol–water partition coefficient (Wildman–Crippen LogP) is 3.17. The second-order valence-corrected chi connectivity index (χ2v) is 9.47. The molecular weight excluding hydrogens is 426 g/mol. The lowest BCUT2D eigenvalue weighted by Crippen LogP contribution is -2.43. The van der Waals surface area contributed by atoms with E-state index in [1.807, 2.05) is 25.1 Å². The van der Waals surface area contributed by atoms with Crippen LogP contribution in [0.2, 0.25) is 0 Å². The summed E-state index contributed by atoms with van der Waals surface area (Å²) in [5.41, 5.74) is 3.27. The maximum Gasteiger partial charge on any atom is 0.305 e. The number of carbonyl (C=O) groups excluding carboxylic acids is 3. The molecule has 0 saturated carbocycles. The summed E-state index contributed by atoms with van der Waals surface area (Å²) in [5.74, 6) is -0.909. The Morgan fingerprint density at radius 3 is 2.56 bits per heavy atom. The molecule has 2 aromatic rings. The van der Waals surface area contributed by atoms with Gasteiger partial charge in [0, 0.05) is 30.1 Å². The van der Waals surface area contributed by atoms with Crippen LogP contribution in [0, 0.1) is 6.92 Å². The molecule has 0 radical (unpaired) electrons. The van der Waals surface area contributed by atoms with Gasteiger partial charge in [0.1, 0.15) is 6.04 Å². The van der Waals surface area contributed by atoms with Gasteiger partial charge in [0.05, 0.1) is 12.0 Å². The van der Waals surface area contributed by atoms with Crippen molar-refractivity contribution in [1.82, 2.24) is 10.2 Å². The summed E-state index contributed by atoms with van der Waals surface area (Å²) in [6.07, 6.45) is 2.90. The summed E-state index contributed by atoms with van der Waals surface area (Å²) in [7, 11) is 3.45. The number of likely N-dealkylation sites (N-methyl/N-ethyl adjacent to an activating group) is 1. The number of rotatable bonds is 8. The topological polar surface area (TPSA) is 87.7 Å². The van der Waals surface area contributed by atoms with Crippen LogP contribution in [0.5, 0.6) is 0 Å². The van der Waals surface area contributed by atoms with Crippen molar-refractivity contribution in [3.05, 3.63) is 51.2 Å². The highest BCUT2D eigenvalue weighted by Crippen LogP contribution is 2.21. The van der Waals surface area contributed by atoms with Gasteiger partial charge in [0.25, 0.3) is 5.91 Å². The Bertz CT molecular complexity index is 972. The highest BCUT2D eigenvalue weighted by molar-refractivity contribution is 7.13. The minimum atomic E-state index is -0.750. The summed E-state index contributed by atoms with van der Waals surface area (Å²) < 4.78 is 4.68. The zero-order valence-electron chi connectivity index (χ0n) is 18.9. The molecule has 1 aromatic heterocycles. The van der Waals surface area contributed by atoms with Crippen molar-refractivity contribution in [1.29, 1.82) is 0 Å². The Labute approximate surface area is 193 Å². The highest BCUT2D eigenvalue weighted by atomic mass is 32.1. The summed E-state index contributed by atoms with van der Waals surface area (Å²) in [4.78, 5) is 41.1. The molecule has 2 N–H and O–H groups in total. The Morgan fingerprint density at radius 1 is 1.12 bits per heavy atom. The van der Waals surface area contributed by atoms with Crippen LogP contribution >= 0.6 is 11.3 Å². The van der Waals surface area contributed by atoms with Gasteiger partial charge in [0.15, 0.2) is 0 Å². The zero-order chi connectivity index (χ0) is 23.1. The molecule has 0 bridgehead atoms. The lowest BCUT2D eigenvalue weighted by atomic mass is 10.0. The first-order valence-corrected chi connectivity index (χ1v) is 11.7. The fourth-order valence-electron chi connectivity index (χ4n) is 3.75. The molecule has 32 heavy (non-hydrogen) atoms. The van der Waals surface area contributed by atoms with Crippen molar-refractivity contribution in [2.45, 2.75) is 45.1 Å². The molecule has 0 aliphatic carbocycles. The molecule has 1 atom stereocenters. The van der Waals surface area contributed by atoms with E-state index >= 15 is 0 Å². The van der Waals surface area contributed by atoms with E-state index in [0.717, 1.165) is 36.5 Å². The fourth-order valence-corrected chi connectivity index (χ4v) is 4.52. The molecule has 0 saturated heterocycles. The molecule has 0 unspecified atom stereocenters. The second kappa shape index (κ2) is 11.2. The van der Waals surface area contributed by atoms with E-state index in [9.17, 15) is 14.4 Å². The smallest absolute Gasteiger partial charge is 0.305 e. The summed E-state index contributed by atoms with van der Waals surface area (Å²) in [5, 5.41) is 5.80. The standard InChI is InChI=1S/C24H31N3O4S/c1-16-7-10-21(32-16)24(30)26-20(5-4-6-22(28)31-3)23(29)25-19-9-8-17-11-13-27(2)14-12-18(17)15-19/h7-10,15,20H,4-6,11-14H2,1-3H3,(H,25,29)(H,26,30)/t20-/m1/s1. The number of carbonyl (C=O) groups is 3. The number of aryl methyl sites for hydroxylation is 1. The molecule has 1 aliphatic heterocycles. The molecule has 0 spiro atoms. The van der Waals surface area contributed by atoms with Gasteiger partial charge in [-0.05, 0) is 75.0 Å². The molecular formula is C24H31N3O4S. The van der Waals surface area contributed by atoms with E-state index in [4.69, 9.17) is 0 Å². The zero-order valence-corrected chi connectivity index (χ0v) is 19.7. The van der Waals surface area contributed by atoms with Crippen LogP contribution in [0.4, 0.5) is 5.69 Å². The van der Waals surface area contributed by atoms with E-state index < -0.39 is 6.04 Å². The van der Waals surface area contributed by atoms with Crippen LogP contribution in [0.25, 0.3) is 0 Å². The number of nitrogens with zero attached hydrogens (tertiary/aromatic N) is 1. The summed E-state index contributed by atoms with van der Waals surface area (Å²) in [6.45, 7) is 3.93. The third kappa shape index (κ3) is 6.64. The van der Waals surface area contributed by atoms with Gasteiger partial charge in [-0.25, -0.2) is 0 Å². The van der Waals surface area contributed by atoms with Gasteiger partial charge in [-0.1, -0.05) is 6.07 Å². The number of fused-ring (bicyclic) bond motifs is 1. The van der Waals surface area contributed by atoms with Crippen molar-refractivity contribution in [3.63, 3.8) is 0 Å². The van der Waals surface area contributed by atoms with E-state index in [1.54, 1.807) is 6.07 Å². The van der Waals surface area contributed by atoms with Crippen LogP contribution in [-0.2, 0) is 27.2 Å². The largest absolute Gasteiger partial charge is 0.469 e. The van der Waals surface area contributed by atoms with E-state index in [0.29, 0.717) is 17.7 Å².